The first kappa shape index (κ1) is 22.8. The molecule has 0 spiro atoms. The van der Waals surface area contributed by atoms with E-state index >= 15 is 0 Å². The summed E-state index contributed by atoms with van der Waals surface area (Å²) in [5.41, 5.74) is -0.859. The molecule has 0 atom stereocenters. The van der Waals surface area contributed by atoms with Crippen LogP contribution in [0.5, 0.6) is 0 Å². The zero-order valence-electron chi connectivity index (χ0n) is 18.1. The maximum Gasteiger partial charge on any atom is 0.434 e. The molecule has 1 aromatic carbocycles. The van der Waals surface area contributed by atoms with Gasteiger partial charge in [-0.2, -0.15) is 18.3 Å². The van der Waals surface area contributed by atoms with Crippen molar-refractivity contribution in [2.75, 3.05) is 39.3 Å². The highest BCUT2D eigenvalue weighted by Crippen LogP contribution is 2.35. The standard InChI is InChI=1S/C22H24F3N5O3/c1-15-6-2-3-7-17(15)30-18(22(23,24)25)16(14-26-30)19(31)28-10-12-29(13-11-28)21(33)20(32)27-8-4-5-9-27/h2-3,6-7,14H,4-5,8-13H2,1H3. The van der Waals surface area contributed by atoms with Crippen molar-refractivity contribution in [1.82, 2.24) is 24.5 Å². The van der Waals surface area contributed by atoms with Gasteiger partial charge in [0.2, 0.25) is 0 Å². The predicted molar refractivity (Wildman–Crippen MR) is 112 cm³/mol. The zero-order chi connectivity index (χ0) is 23.8. The van der Waals surface area contributed by atoms with Gasteiger partial charge in [0, 0.05) is 39.3 Å². The number of piperazine rings is 1. The second-order valence-corrected chi connectivity index (χ2v) is 8.19. The minimum atomic E-state index is -4.80. The Kier molecular flexibility index (Phi) is 6.13. The number of amides is 3. The quantitative estimate of drug-likeness (QED) is 0.640. The molecule has 0 saturated carbocycles. The van der Waals surface area contributed by atoms with Gasteiger partial charge in [0.05, 0.1) is 17.4 Å². The summed E-state index contributed by atoms with van der Waals surface area (Å²) < 4.78 is 42.6. The van der Waals surface area contributed by atoms with Gasteiger partial charge in [0.15, 0.2) is 5.69 Å². The number of alkyl halides is 3. The van der Waals surface area contributed by atoms with E-state index in [-0.39, 0.29) is 31.9 Å². The summed E-state index contributed by atoms with van der Waals surface area (Å²) in [6.45, 7) is 2.99. The molecule has 2 aromatic rings. The molecule has 33 heavy (non-hydrogen) atoms. The van der Waals surface area contributed by atoms with Crippen molar-refractivity contribution in [3.8, 4) is 5.69 Å². The van der Waals surface area contributed by atoms with Crippen LogP contribution >= 0.6 is 0 Å². The summed E-state index contributed by atoms with van der Waals surface area (Å²) in [5.74, 6) is -2.00. The summed E-state index contributed by atoms with van der Waals surface area (Å²) in [6, 6.07) is 6.48. The normalized spacial score (nSPS) is 16.9. The number of hydrogen-bond acceptors (Lipinski definition) is 4. The Hall–Kier alpha value is -3.37. The third-order valence-electron chi connectivity index (χ3n) is 6.04. The van der Waals surface area contributed by atoms with Crippen LogP contribution in [0.25, 0.3) is 5.69 Å². The molecule has 176 valence electrons. The number of para-hydroxylation sites is 1. The fourth-order valence-corrected chi connectivity index (χ4v) is 4.24. The lowest BCUT2D eigenvalue weighted by molar-refractivity contribution is -0.152. The van der Waals surface area contributed by atoms with Crippen LogP contribution < -0.4 is 0 Å². The molecule has 0 unspecified atom stereocenters. The number of benzene rings is 1. The predicted octanol–water partition coefficient (Wildman–Crippen LogP) is 2.11. The molecule has 4 rings (SSSR count). The lowest BCUT2D eigenvalue weighted by atomic mass is 10.1. The highest BCUT2D eigenvalue weighted by Gasteiger charge is 2.42. The molecule has 0 bridgehead atoms. The van der Waals surface area contributed by atoms with E-state index in [2.05, 4.69) is 5.10 Å². The van der Waals surface area contributed by atoms with E-state index in [4.69, 9.17) is 0 Å². The Morgan fingerprint density at radius 3 is 1.97 bits per heavy atom. The van der Waals surface area contributed by atoms with Gasteiger partial charge < -0.3 is 14.7 Å². The number of halogens is 3. The van der Waals surface area contributed by atoms with Gasteiger partial charge in [-0.05, 0) is 31.4 Å². The Morgan fingerprint density at radius 2 is 1.39 bits per heavy atom. The van der Waals surface area contributed by atoms with Crippen LogP contribution in [-0.2, 0) is 15.8 Å². The van der Waals surface area contributed by atoms with Crippen LogP contribution in [0.1, 0.15) is 34.5 Å². The van der Waals surface area contributed by atoms with Gasteiger partial charge >= 0.3 is 18.0 Å². The molecule has 2 aliphatic heterocycles. The Morgan fingerprint density at radius 1 is 0.848 bits per heavy atom. The second-order valence-electron chi connectivity index (χ2n) is 8.19. The molecule has 3 heterocycles. The molecular weight excluding hydrogens is 439 g/mol. The van der Waals surface area contributed by atoms with E-state index in [1.165, 1.54) is 20.8 Å². The van der Waals surface area contributed by atoms with E-state index < -0.39 is 35.2 Å². The number of aromatic nitrogens is 2. The number of rotatable bonds is 2. The second kappa shape index (κ2) is 8.87. The molecule has 2 aliphatic rings. The third-order valence-corrected chi connectivity index (χ3v) is 6.04. The average molecular weight is 463 g/mol. The van der Waals surface area contributed by atoms with Gasteiger partial charge in [0.25, 0.3) is 5.91 Å². The number of aryl methyl sites for hydroxylation is 1. The van der Waals surface area contributed by atoms with Crippen LogP contribution in [0.4, 0.5) is 13.2 Å². The number of hydrogen-bond donors (Lipinski definition) is 0. The first-order valence-corrected chi connectivity index (χ1v) is 10.8. The summed E-state index contributed by atoms with van der Waals surface area (Å²) in [7, 11) is 0. The van der Waals surface area contributed by atoms with Crippen LogP contribution in [0.3, 0.4) is 0 Å². The molecule has 3 amide bonds. The van der Waals surface area contributed by atoms with Gasteiger partial charge in [0.1, 0.15) is 0 Å². The zero-order valence-corrected chi connectivity index (χ0v) is 18.1. The third kappa shape index (κ3) is 4.44. The Balaban J connectivity index is 1.51. The van der Waals surface area contributed by atoms with Crippen molar-refractivity contribution in [2.45, 2.75) is 25.9 Å². The molecule has 8 nitrogen and oxygen atoms in total. The van der Waals surface area contributed by atoms with Crippen molar-refractivity contribution >= 4 is 17.7 Å². The maximum absolute atomic E-state index is 14.0. The van der Waals surface area contributed by atoms with E-state index in [9.17, 15) is 27.6 Å². The molecule has 0 aliphatic carbocycles. The SMILES string of the molecule is Cc1ccccc1-n1ncc(C(=O)N2CCN(C(=O)C(=O)N3CCCC3)CC2)c1C(F)(F)F. The van der Waals surface area contributed by atoms with Crippen molar-refractivity contribution in [2.24, 2.45) is 0 Å². The van der Waals surface area contributed by atoms with E-state index in [0.717, 1.165) is 23.7 Å². The van der Waals surface area contributed by atoms with E-state index in [1.54, 1.807) is 25.1 Å². The highest BCUT2D eigenvalue weighted by atomic mass is 19.4. The van der Waals surface area contributed by atoms with Crippen LogP contribution in [0.15, 0.2) is 30.5 Å². The maximum atomic E-state index is 14.0. The van der Waals surface area contributed by atoms with Crippen molar-refractivity contribution in [1.29, 1.82) is 0 Å². The summed E-state index contributed by atoms with van der Waals surface area (Å²) in [4.78, 5) is 41.9. The Labute approximate surface area is 188 Å². The molecule has 11 heteroatoms. The van der Waals surface area contributed by atoms with Crippen LogP contribution in [-0.4, -0.2) is 81.5 Å². The fourth-order valence-electron chi connectivity index (χ4n) is 4.24. The van der Waals surface area contributed by atoms with Crippen molar-refractivity contribution < 1.29 is 27.6 Å². The van der Waals surface area contributed by atoms with Gasteiger partial charge in [-0.25, -0.2) is 4.68 Å². The van der Waals surface area contributed by atoms with Gasteiger partial charge in [-0.15, -0.1) is 0 Å². The van der Waals surface area contributed by atoms with Crippen molar-refractivity contribution in [3.05, 3.63) is 47.3 Å². The molecule has 2 saturated heterocycles. The Bertz CT molecular complexity index is 1070. The smallest absolute Gasteiger partial charge is 0.335 e. The lowest BCUT2D eigenvalue weighted by Crippen LogP contribution is -2.54. The molecule has 1 aromatic heterocycles. The summed E-state index contributed by atoms with van der Waals surface area (Å²) >= 11 is 0. The number of nitrogens with zero attached hydrogens (tertiary/aromatic N) is 5. The van der Waals surface area contributed by atoms with Crippen LogP contribution in [0.2, 0.25) is 0 Å². The van der Waals surface area contributed by atoms with Gasteiger partial charge in [-0.3, -0.25) is 14.4 Å². The molecule has 0 N–H and O–H groups in total. The van der Waals surface area contributed by atoms with Gasteiger partial charge in [-0.1, -0.05) is 18.2 Å². The minimum absolute atomic E-state index is 0.0324. The highest BCUT2D eigenvalue weighted by molar-refractivity contribution is 6.35. The molecule has 0 radical (unpaired) electrons. The largest absolute Gasteiger partial charge is 0.434 e. The minimum Gasteiger partial charge on any atom is -0.335 e. The summed E-state index contributed by atoms with van der Waals surface area (Å²) in [6.07, 6.45) is -2.15. The number of carbonyl (C=O) groups is 3. The average Bonchev–Trinajstić information content (AvgIpc) is 3.48. The summed E-state index contributed by atoms with van der Waals surface area (Å²) in [5, 5.41) is 3.87. The fraction of sp³-hybridized carbons (Fsp3) is 0.455. The van der Waals surface area contributed by atoms with Crippen molar-refractivity contribution in [3.63, 3.8) is 0 Å². The number of carbonyl (C=O) groups excluding carboxylic acids is 3. The van der Waals surface area contributed by atoms with E-state index in [0.29, 0.717) is 18.7 Å². The first-order chi connectivity index (χ1) is 15.7. The molecular formula is C22H24F3N5O3. The molecule has 2 fully saturated rings. The topological polar surface area (TPSA) is 78.8 Å². The van der Waals surface area contributed by atoms with Crippen LogP contribution in [0, 0.1) is 6.92 Å². The first-order valence-electron chi connectivity index (χ1n) is 10.8. The number of likely N-dealkylation sites (tertiary alicyclic amines) is 1. The lowest BCUT2D eigenvalue weighted by Gasteiger charge is -2.35. The monoisotopic (exact) mass is 463 g/mol. The van der Waals surface area contributed by atoms with E-state index in [1.807, 2.05) is 0 Å².